The van der Waals surface area contributed by atoms with Crippen LogP contribution < -0.4 is 10.6 Å². The van der Waals surface area contributed by atoms with E-state index in [-0.39, 0.29) is 30.0 Å². The Hall–Kier alpha value is -0.800. The minimum Gasteiger partial charge on any atom is -0.465 e. The zero-order valence-corrected chi connectivity index (χ0v) is 16.9. The second-order valence-electron chi connectivity index (χ2n) is 6.25. The topological polar surface area (TPSA) is 62.0 Å². The number of morpholine rings is 1. The van der Waals surface area contributed by atoms with Gasteiger partial charge in [-0.15, -0.1) is 24.0 Å². The van der Waals surface area contributed by atoms with Gasteiger partial charge in [-0.1, -0.05) is 0 Å². The predicted octanol–water partition coefficient (Wildman–Crippen LogP) is 2.30. The number of halogens is 1. The van der Waals surface area contributed by atoms with E-state index in [0.717, 1.165) is 50.3 Å². The van der Waals surface area contributed by atoms with Crippen LogP contribution in [-0.2, 0) is 4.74 Å². The lowest BCUT2D eigenvalue weighted by Gasteiger charge is -2.32. The van der Waals surface area contributed by atoms with E-state index in [1.807, 2.05) is 13.0 Å². The summed E-state index contributed by atoms with van der Waals surface area (Å²) in [5.41, 5.74) is 0. The van der Waals surface area contributed by atoms with E-state index >= 15 is 0 Å². The van der Waals surface area contributed by atoms with Crippen molar-refractivity contribution in [2.75, 3.05) is 39.4 Å². The highest BCUT2D eigenvalue weighted by atomic mass is 127. The fraction of sp³-hybridized carbons (Fsp3) is 0.706. The Bertz CT molecular complexity index is 524. The number of guanidine groups is 1. The Morgan fingerprint density at radius 3 is 2.67 bits per heavy atom. The van der Waals surface area contributed by atoms with Crippen LogP contribution >= 0.6 is 24.0 Å². The molecule has 1 aromatic heterocycles. The standard InChI is InChI=1S/C17H28N4O2.HI/c1-3-18-17(20-14-5-6-14)19-12-15(16-7-4-13(2)23-16)21-8-10-22-11-9-21;/h4,7,14-15H,3,5-6,8-12H2,1-2H3,(H2,18,19,20);1H. The van der Waals surface area contributed by atoms with E-state index in [1.54, 1.807) is 0 Å². The fourth-order valence-electron chi connectivity index (χ4n) is 2.83. The van der Waals surface area contributed by atoms with E-state index in [2.05, 4.69) is 28.5 Å². The first-order valence-electron chi connectivity index (χ1n) is 8.69. The lowest BCUT2D eigenvalue weighted by molar-refractivity contribution is 0.0135. The lowest BCUT2D eigenvalue weighted by atomic mass is 10.1. The molecule has 0 spiro atoms. The van der Waals surface area contributed by atoms with E-state index in [4.69, 9.17) is 14.1 Å². The average molecular weight is 448 g/mol. The second-order valence-corrected chi connectivity index (χ2v) is 6.25. The molecular formula is C17H29IN4O2. The van der Waals surface area contributed by atoms with Crippen molar-refractivity contribution in [1.82, 2.24) is 15.5 Å². The van der Waals surface area contributed by atoms with Gasteiger partial charge in [0, 0.05) is 25.7 Å². The first-order valence-corrected chi connectivity index (χ1v) is 8.69. The zero-order chi connectivity index (χ0) is 16.1. The summed E-state index contributed by atoms with van der Waals surface area (Å²) in [5, 5.41) is 6.81. The number of hydrogen-bond donors (Lipinski definition) is 2. The highest BCUT2D eigenvalue weighted by Crippen LogP contribution is 2.24. The minimum absolute atomic E-state index is 0. The molecule has 1 saturated heterocycles. The van der Waals surface area contributed by atoms with Crippen molar-refractivity contribution < 1.29 is 9.15 Å². The summed E-state index contributed by atoms with van der Waals surface area (Å²) >= 11 is 0. The Labute approximate surface area is 161 Å². The van der Waals surface area contributed by atoms with Crippen LogP contribution in [0.15, 0.2) is 21.5 Å². The molecule has 7 heteroatoms. The molecule has 0 aromatic carbocycles. The van der Waals surface area contributed by atoms with Crippen molar-refractivity contribution in [2.45, 2.75) is 38.8 Å². The van der Waals surface area contributed by atoms with Crippen molar-refractivity contribution in [1.29, 1.82) is 0 Å². The van der Waals surface area contributed by atoms with Gasteiger partial charge in [-0.05, 0) is 38.8 Å². The molecule has 2 fully saturated rings. The van der Waals surface area contributed by atoms with Gasteiger partial charge in [0.05, 0.1) is 25.8 Å². The summed E-state index contributed by atoms with van der Waals surface area (Å²) in [7, 11) is 0. The van der Waals surface area contributed by atoms with Crippen LogP contribution in [0.4, 0.5) is 0 Å². The Kier molecular flexibility index (Phi) is 7.83. The van der Waals surface area contributed by atoms with Crippen LogP contribution in [0.25, 0.3) is 0 Å². The lowest BCUT2D eigenvalue weighted by Crippen LogP contribution is -2.42. The fourth-order valence-corrected chi connectivity index (χ4v) is 2.83. The van der Waals surface area contributed by atoms with Crippen LogP contribution in [-0.4, -0.2) is 56.3 Å². The molecule has 0 radical (unpaired) electrons. The van der Waals surface area contributed by atoms with Gasteiger partial charge in [-0.3, -0.25) is 9.89 Å². The SMILES string of the molecule is CCNC(=NCC(c1ccc(C)o1)N1CCOCC1)NC1CC1.I. The van der Waals surface area contributed by atoms with Crippen molar-refractivity contribution in [3.8, 4) is 0 Å². The highest BCUT2D eigenvalue weighted by Gasteiger charge is 2.26. The average Bonchev–Trinajstić information content (AvgIpc) is 3.28. The number of furan rings is 1. The summed E-state index contributed by atoms with van der Waals surface area (Å²) in [6.07, 6.45) is 2.49. The molecule has 2 N–H and O–H groups in total. The number of aryl methyl sites for hydroxylation is 1. The second kappa shape index (κ2) is 9.62. The van der Waals surface area contributed by atoms with Crippen molar-refractivity contribution >= 4 is 29.9 Å². The molecule has 136 valence electrons. The van der Waals surface area contributed by atoms with Crippen molar-refractivity contribution in [2.24, 2.45) is 4.99 Å². The Morgan fingerprint density at radius 1 is 1.33 bits per heavy atom. The van der Waals surface area contributed by atoms with Crippen LogP contribution in [0.3, 0.4) is 0 Å². The van der Waals surface area contributed by atoms with E-state index in [1.165, 1.54) is 12.8 Å². The van der Waals surface area contributed by atoms with Gasteiger partial charge in [0.1, 0.15) is 11.5 Å². The molecule has 24 heavy (non-hydrogen) atoms. The van der Waals surface area contributed by atoms with Gasteiger partial charge in [-0.25, -0.2) is 0 Å². The van der Waals surface area contributed by atoms with Gasteiger partial charge < -0.3 is 19.8 Å². The number of nitrogens with one attached hydrogen (secondary N) is 2. The van der Waals surface area contributed by atoms with Gasteiger partial charge in [0.15, 0.2) is 5.96 Å². The minimum atomic E-state index is 0. The predicted molar refractivity (Wildman–Crippen MR) is 106 cm³/mol. The molecule has 1 aliphatic heterocycles. The van der Waals surface area contributed by atoms with Gasteiger partial charge in [0.2, 0.25) is 0 Å². The number of nitrogens with zero attached hydrogens (tertiary/aromatic N) is 2. The number of rotatable bonds is 6. The molecule has 3 rings (SSSR count). The zero-order valence-electron chi connectivity index (χ0n) is 14.6. The smallest absolute Gasteiger partial charge is 0.191 e. The summed E-state index contributed by atoms with van der Waals surface area (Å²) in [4.78, 5) is 7.22. The van der Waals surface area contributed by atoms with Crippen LogP contribution in [0.5, 0.6) is 0 Å². The third-order valence-electron chi connectivity index (χ3n) is 4.26. The molecule has 6 nitrogen and oxygen atoms in total. The maximum absolute atomic E-state index is 5.89. The molecule has 1 aliphatic carbocycles. The maximum atomic E-state index is 5.89. The quantitative estimate of drug-likeness (QED) is 0.398. The summed E-state index contributed by atoms with van der Waals surface area (Å²) in [6, 6.07) is 4.87. The van der Waals surface area contributed by atoms with E-state index in [0.29, 0.717) is 12.6 Å². The Morgan fingerprint density at radius 2 is 2.08 bits per heavy atom. The van der Waals surface area contributed by atoms with Crippen LogP contribution in [0, 0.1) is 6.92 Å². The summed E-state index contributed by atoms with van der Waals surface area (Å²) < 4.78 is 11.4. The van der Waals surface area contributed by atoms with Crippen LogP contribution in [0.2, 0.25) is 0 Å². The third-order valence-corrected chi connectivity index (χ3v) is 4.26. The van der Waals surface area contributed by atoms with Crippen LogP contribution in [0.1, 0.15) is 37.3 Å². The summed E-state index contributed by atoms with van der Waals surface area (Å²) in [6.45, 7) is 9.05. The largest absolute Gasteiger partial charge is 0.465 e. The van der Waals surface area contributed by atoms with Gasteiger partial charge in [-0.2, -0.15) is 0 Å². The van der Waals surface area contributed by atoms with E-state index in [9.17, 15) is 0 Å². The molecule has 1 aromatic rings. The first-order chi connectivity index (χ1) is 11.3. The molecule has 0 amide bonds. The molecule has 1 unspecified atom stereocenters. The first kappa shape index (κ1) is 19.5. The van der Waals surface area contributed by atoms with Gasteiger partial charge >= 0.3 is 0 Å². The molecule has 0 bridgehead atoms. The molecular weight excluding hydrogens is 419 g/mol. The van der Waals surface area contributed by atoms with E-state index < -0.39 is 0 Å². The molecule has 1 saturated carbocycles. The maximum Gasteiger partial charge on any atom is 0.191 e. The number of ether oxygens (including phenoxy) is 1. The summed E-state index contributed by atoms with van der Waals surface area (Å²) in [5.74, 6) is 2.86. The molecule has 2 aliphatic rings. The van der Waals surface area contributed by atoms with Crippen molar-refractivity contribution in [3.05, 3.63) is 23.7 Å². The number of hydrogen-bond acceptors (Lipinski definition) is 4. The molecule has 1 atom stereocenters. The highest BCUT2D eigenvalue weighted by molar-refractivity contribution is 14.0. The number of aliphatic imine (C=N–C) groups is 1. The molecule has 2 heterocycles. The third kappa shape index (κ3) is 5.63. The monoisotopic (exact) mass is 448 g/mol. The normalized spacial score (nSPS) is 20.3. The van der Waals surface area contributed by atoms with Crippen molar-refractivity contribution in [3.63, 3.8) is 0 Å². The Balaban J connectivity index is 0.00000208. The van der Waals surface area contributed by atoms with Gasteiger partial charge in [0.25, 0.3) is 0 Å².